The number of aromatic nitrogens is 1. The maximum absolute atomic E-state index is 12.0. The Morgan fingerprint density at radius 3 is 2.83 bits per heavy atom. The van der Waals surface area contributed by atoms with E-state index in [0.29, 0.717) is 5.75 Å². The van der Waals surface area contributed by atoms with Crippen LogP contribution in [0.25, 0.3) is 10.9 Å². The molecule has 0 bridgehead atoms. The number of nitrogens with one attached hydrogen (secondary N) is 1. The Kier molecular flexibility index (Phi) is 4.57. The van der Waals surface area contributed by atoms with Crippen molar-refractivity contribution < 1.29 is 9.53 Å². The van der Waals surface area contributed by atoms with Gasteiger partial charge in [-0.2, -0.15) is 0 Å². The molecule has 0 unspecified atom stereocenters. The van der Waals surface area contributed by atoms with Crippen LogP contribution in [0.2, 0.25) is 0 Å². The molecule has 0 fully saturated rings. The van der Waals surface area contributed by atoms with Gasteiger partial charge in [0.25, 0.3) is 5.91 Å². The summed E-state index contributed by atoms with van der Waals surface area (Å²) in [6, 6.07) is 17.0. The molecule has 4 nitrogen and oxygen atoms in total. The van der Waals surface area contributed by atoms with Crippen molar-refractivity contribution in [1.82, 2.24) is 4.98 Å². The maximum atomic E-state index is 12.0. The first-order valence-corrected chi connectivity index (χ1v) is 7.96. The van der Waals surface area contributed by atoms with Crippen LogP contribution in [0.5, 0.6) is 5.75 Å². The number of fused-ring (bicyclic) bond motifs is 1. The Morgan fingerprint density at radius 1 is 1.17 bits per heavy atom. The lowest BCUT2D eigenvalue weighted by atomic mass is 10.2. The Labute approximate surface area is 142 Å². The van der Waals surface area contributed by atoms with Crippen LogP contribution >= 0.6 is 15.9 Å². The third-order valence-electron chi connectivity index (χ3n) is 3.29. The third-order valence-corrected chi connectivity index (χ3v) is 3.78. The summed E-state index contributed by atoms with van der Waals surface area (Å²) in [5.41, 5.74) is 2.40. The van der Waals surface area contributed by atoms with Crippen LogP contribution in [0, 0.1) is 6.92 Å². The Morgan fingerprint density at radius 2 is 2.00 bits per heavy atom. The van der Waals surface area contributed by atoms with E-state index < -0.39 is 0 Å². The van der Waals surface area contributed by atoms with Gasteiger partial charge in [0.2, 0.25) is 0 Å². The predicted octanol–water partition coefficient (Wildman–Crippen LogP) is 4.32. The van der Waals surface area contributed by atoms with Gasteiger partial charge in [-0.3, -0.25) is 4.79 Å². The Hall–Kier alpha value is -2.40. The molecule has 2 aromatic carbocycles. The molecule has 23 heavy (non-hydrogen) atoms. The highest BCUT2D eigenvalue weighted by molar-refractivity contribution is 9.10. The Bertz CT molecular complexity index is 865. The summed E-state index contributed by atoms with van der Waals surface area (Å²) in [4.78, 5) is 16.5. The minimum atomic E-state index is -0.215. The lowest BCUT2D eigenvalue weighted by Gasteiger charge is -2.10. The SMILES string of the molecule is Cc1ccc2cccc(OCC(=O)Nc3cccc(Br)c3)c2n1. The van der Waals surface area contributed by atoms with E-state index in [-0.39, 0.29) is 12.5 Å². The molecule has 0 aliphatic heterocycles. The molecular formula is C18H15BrN2O2. The molecule has 1 N–H and O–H groups in total. The van der Waals surface area contributed by atoms with E-state index >= 15 is 0 Å². The second-order valence-corrected chi connectivity index (χ2v) is 6.04. The summed E-state index contributed by atoms with van der Waals surface area (Å²) in [6.07, 6.45) is 0. The zero-order valence-corrected chi connectivity index (χ0v) is 14.1. The number of pyridine rings is 1. The first-order chi connectivity index (χ1) is 11.1. The van der Waals surface area contributed by atoms with E-state index in [0.717, 1.165) is 26.8 Å². The lowest BCUT2D eigenvalue weighted by molar-refractivity contribution is -0.118. The molecule has 1 amide bonds. The summed E-state index contributed by atoms with van der Waals surface area (Å²) in [5.74, 6) is 0.392. The van der Waals surface area contributed by atoms with E-state index in [1.165, 1.54) is 0 Å². The molecule has 1 aromatic heterocycles. The molecule has 0 spiro atoms. The van der Waals surface area contributed by atoms with Gasteiger partial charge in [0.15, 0.2) is 6.61 Å². The number of benzene rings is 2. The van der Waals surface area contributed by atoms with Crippen LogP contribution in [0.4, 0.5) is 5.69 Å². The molecule has 0 radical (unpaired) electrons. The summed E-state index contributed by atoms with van der Waals surface area (Å²) >= 11 is 3.37. The highest BCUT2D eigenvalue weighted by Crippen LogP contribution is 2.24. The largest absolute Gasteiger partial charge is 0.481 e. The van der Waals surface area contributed by atoms with Crippen molar-refractivity contribution in [1.29, 1.82) is 0 Å². The van der Waals surface area contributed by atoms with Gasteiger partial charge in [-0.15, -0.1) is 0 Å². The van der Waals surface area contributed by atoms with Crippen LogP contribution < -0.4 is 10.1 Å². The molecule has 0 aliphatic carbocycles. The van der Waals surface area contributed by atoms with Crippen molar-refractivity contribution >= 4 is 38.4 Å². The molecule has 3 rings (SSSR count). The minimum absolute atomic E-state index is 0.0682. The van der Waals surface area contributed by atoms with Gasteiger partial charge in [0, 0.05) is 21.2 Å². The number of hydrogen-bond acceptors (Lipinski definition) is 3. The van der Waals surface area contributed by atoms with Crippen LogP contribution in [0.15, 0.2) is 59.1 Å². The number of rotatable bonds is 4. The van der Waals surface area contributed by atoms with Crippen molar-refractivity contribution in [3.05, 3.63) is 64.8 Å². The average Bonchev–Trinajstić information content (AvgIpc) is 2.53. The monoisotopic (exact) mass is 370 g/mol. The number of nitrogens with zero attached hydrogens (tertiary/aromatic N) is 1. The minimum Gasteiger partial charge on any atom is -0.481 e. The van der Waals surface area contributed by atoms with E-state index in [9.17, 15) is 4.79 Å². The maximum Gasteiger partial charge on any atom is 0.262 e. The van der Waals surface area contributed by atoms with Crippen molar-refractivity contribution in [3.63, 3.8) is 0 Å². The zero-order chi connectivity index (χ0) is 16.2. The molecule has 0 atom stereocenters. The number of ether oxygens (including phenoxy) is 1. The first-order valence-electron chi connectivity index (χ1n) is 7.16. The van der Waals surface area contributed by atoms with Crippen LogP contribution in [-0.4, -0.2) is 17.5 Å². The number of hydrogen-bond donors (Lipinski definition) is 1. The van der Waals surface area contributed by atoms with Gasteiger partial charge in [-0.25, -0.2) is 4.98 Å². The molecule has 5 heteroatoms. The van der Waals surface area contributed by atoms with E-state index in [1.807, 2.05) is 61.5 Å². The molecule has 116 valence electrons. The molecular weight excluding hydrogens is 356 g/mol. The Balaban J connectivity index is 1.71. The highest BCUT2D eigenvalue weighted by atomic mass is 79.9. The van der Waals surface area contributed by atoms with Crippen molar-refractivity contribution in [3.8, 4) is 5.75 Å². The number of aryl methyl sites for hydroxylation is 1. The summed E-state index contributed by atoms with van der Waals surface area (Å²) in [5, 5.41) is 3.78. The van der Waals surface area contributed by atoms with Crippen LogP contribution in [-0.2, 0) is 4.79 Å². The molecule has 3 aromatic rings. The molecule has 0 aliphatic rings. The number of amides is 1. The molecule has 1 heterocycles. The highest BCUT2D eigenvalue weighted by Gasteiger charge is 2.08. The summed E-state index contributed by atoms with van der Waals surface area (Å²) in [7, 11) is 0. The number of para-hydroxylation sites is 1. The predicted molar refractivity (Wildman–Crippen MR) is 94.7 cm³/mol. The second kappa shape index (κ2) is 6.79. The summed E-state index contributed by atoms with van der Waals surface area (Å²) < 4.78 is 6.56. The number of carbonyl (C=O) groups excluding carboxylic acids is 1. The fraction of sp³-hybridized carbons (Fsp3) is 0.111. The molecule has 0 saturated carbocycles. The van der Waals surface area contributed by atoms with Gasteiger partial charge in [0.05, 0.1) is 0 Å². The van der Waals surface area contributed by atoms with E-state index in [4.69, 9.17) is 4.74 Å². The van der Waals surface area contributed by atoms with Crippen molar-refractivity contribution in [2.24, 2.45) is 0 Å². The average molecular weight is 371 g/mol. The number of halogens is 1. The standard InChI is InChI=1S/C18H15BrN2O2/c1-12-8-9-13-4-2-7-16(18(13)20-12)23-11-17(22)21-15-6-3-5-14(19)10-15/h2-10H,11H2,1H3,(H,21,22). The quantitative estimate of drug-likeness (QED) is 0.743. The van der Waals surface area contributed by atoms with Crippen molar-refractivity contribution in [2.45, 2.75) is 6.92 Å². The fourth-order valence-electron chi connectivity index (χ4n) is 2.24. The van der Waals surface area contributed by atoms with E-state index in [2.05, 4.69) is 26.2 Å². The van der Waals surface area contributed by atoms with Gasteiger partial charge in [0.1, 0.15) is 11.3 Å². The molecule has 0 saturated heterocycles. The smallest absolute Gasteiger partial charge is 0.262 e. The van der Waals surface area contributed by atoms with Crippen LogP contribution in [0.1, 0.15) is 5.69 Å². The van der Waals surface area contributed by atoms with Gasteiger partial charge in [-0.1, -0.05) is 40.2 Å². The normalized spacial score (nSPS) is 10.5. The second-order valence-electron chi connectivity index (χ2n) is 5.13. The van der Waals surface area contributed by atoms with Gasteiger partial charge >= 0.3 is 0 Å². The van der Waals surface area contributed by atoms with Crippen LogP contribution in [0.3, 0.4) is 0 Å². The number of anilines is 1. The summed E-state index contributed by atoms with van der Waals surface area (Å²) in [6.45, 7) is 1.86. The zero-order valence-electron chi connectivity index (χ0n) is 12.5. The van der Waals surface area contributed by atoms with Gasteiger partial charge < -0.3 is 10.1 Å². The first kappa shape index (κ1) is 15.5. The van der Waals surface area contributed by atoms with Crippen molar-refractivity contribution in [2.75, 3.05) is 11.9 Å². The third kappa shape index (κ3) is 3.87. The topological polar surface area (TPSA) is 51.2 Å². The van der Waals surface area contributed by atoms with E-state index in [1.54, 1.807) is 0 Å². The number of carbonyl (C=O) groups is 1. The lowest BCUT2D eigenvalue weighted by Crippen LogP contribution is -2.20. The van der Waals surface area contributed by atoms with Gasteiger partial charge in [-0.05, 0) is 37.3 Å². The fourth-order valence-corrected chi connectivity index (χ4v) is 2.64.